The summed E-state index contributed by atoms with van der Waals surface area (Å²) >= 11 is 5.95. The topological polar surface area (TPSA) is 78.2 Å². The van der Waals surface area contributed by atoms with Gasteiger partial charge in [-0.2, -0.15) is 4.98 Å². The van der Waals surface area contributed by atoms with E-state index in [9.17, 15) is 10.1 Å². The van der Waals surface area contributed by atoms with Crippen LogP contribution < -0.4 is 4.74 Å². The lowest BCUT2D eigenvalue weighted by molar-refractivity contribution is -0.385. The fourth-order valence-corrected chi connectivity index (χ4v) is 1.83. The van der Waals surface area contributed by atoms with Gasteiger partial charge in [-0.1, -0.05) is 17.7 Å². The third kappa shape index (κ3) is 2.85. The van der Waals surface area contributed by atoms with E-state index in [-0.39, 0.29) is 22.5 Å². The highest BCUT2D eigenvalue weighted by Crippen LogP contribution is 2.33. The van der Waals surface area contributed by atoms with Crippen molar-refractivity contribution >= 4 is 17.3 Å². The second-order valence-corrected chi connectivity index (χ2v) is 4.68. The maximum atomic E-state index is 11.0. The molecule has 0 N–H and O–H groups in total. The number of aryl methyl sites for hydroxylation is 2. The van der Waals surface area contributed by atoms with Crippen LogP contribution in [0.5, 0.6) is 11.6 Å². The molecule has 0 atom stereocenters. The molecule has 0 fully saturated rings. The van der Waals surface area contributed by atoms with Crippen LogP contribution in [-0.2, 0) is 0 Å². The quantitative estimate of drug-likeness (QED) is 0.489. The number of nitrogens with zero attached hydrogens (tertiary/aromatic N) is 3. The molecule has 0 saturated heterocycles. The molecule has 2 aromatic rings. The molecule has 0 saturated carbocycles. The Bertz CT molecular complexity index is 689. The molecule has 0 amide bonds. The maximum absolute atomic E-state index is 11.0. The van der Waals surface area contributed by atoms with E-state index >= 15 is 0 Å². The van der Waals surface area contributed by atoms with Crippen LogP contribution in [0.1, 0.15) is 17.0 Å². The van der Waals surface area contributed by atoms with Gasteiger partial charge >= 0.3 is 5.69 Å². The number of nitro groups is 1. The molecule has 1 heterocycles. The largest absolute Gasteiger partial charge is 0.431 e. The van der Waals surface area contributed by atoms with Gasteiger partial charge in [0.2, 0.25) is 11.6 Å². The molecule has 0 aliphatic heterocycles. The van der Waals surface area contributed by atoms with Crippen LogP contribution in [0.3, 0.4) is 0 Å². The molecule has 0 aliphatic rings. The normalized spacial score (nSPS) is 10.4. The fraction of sp³-hybridized carbons (Fsp3) is 0.231. The molecule has 104 valence electrons. The number of halogens is 1. The standard InChI is InChI=1S/C13H12ClN3O3/c1-7-4-5-11(10(6-7)17(18)19)20-13-8(2)12(14)15-9(3)16-13/h4-6H,1-3H3. The van der Waals surface area contributed by atoms with Crippen molar-refractivity contribution in [1.29, 1.82) is 0 Å². The van der Waals surface area contributed by atoms with Gasteiger partial charge in [-0.25, -0.2) is 4.98 Å². The first-order chi connectivity index (χ1) is 9.38. The van der Waals surface area contributed by atoms with Crippen molar-refractivity contribution in [3.8, 4) is 11.6 Å². The number of aromatic nitrogens is 2. The monoisotopic (exact) mass is 293 g/mol. The Balaban J connectivity index is 2.48. The number of hydrogen-bond acceptors (Lipinski definition) is 5. The van der Waals surface area contributed by atoms with E-state index in [2.05, 4.69) is 9.97 Å². The Kier molecular flexibility index (Phi) is 3.85. The van der Waals surface area contributed by atoms with Gasteiger partial charge in [0.1, 0.15) is 11.0 Å². The molecule has 0 radical (unpaired) electrons. The van der Waals surface area contributed by atoms with Gasteiger partial charge < -0.3 is 4.74 Å². The predicted molar refractivity (Wildman–Crippen MR) is 74.4 cm³/mol. The zero-order valence-corrected chi connectivity index (χ0v) is 11.9. The van der Waals surface area contributed by atoms with E-state index in [1.807, 2.05) is 0 Å². The minimum Gasteiger partial charge on any atom is -0.431 e. The van der Waals surface area contributed by atoms with Gasteiger partial charge in [-0.05, 0) is 32.4 Å². The van der Waals surface area contributed by atoms with Crippen LogP contribution in [0.2, 0.25) is 5.15 Å². The minimum absolute atomic E-state index is 0.114. The molecule has 0 bridgehead atoms. The summed E-state index contributed by atoms with van der Waals surface area (Å²) in [5.74, 6) is 0.776. The maximum Gasteiger partial charge on any atom is 0.311 e. The average molecular weight is 294 g/mol. The van der Waals surface area contributed by atoms with Crippen LogP contribution in [-0.4, -0.2) is 14.9 Å². The number of rotatable bonds is 3. The average Bonchev–Trinajstić information content (AvgIpc) is 2.37. The summed E-state index contributed by atoms with van der Waals surface area (Å²) < 4.78 is 5.54. The second-order valence-electron chi connectivity index (χ2n) is 4.32. The van der Waals surface area contributed by atoms with Crippen LogP contribution in [0, 0.1) is 30.9 Å². The molecule has 7 heteroatoms. The van der Waals surface area contributed by atoms with Crippen molar-refractivity contribution in [3.63, 3.8) is 0 Å². The first-order valence-corrected chi connectivity index (χ1v) is 6.20. The molecular weight excluding hydrogens is 282 g/mol. The highest BCUT2D eigenvalue weighted by Gasteiger charge is 2.18. The van der Waals surface area contributed by atoms with Gasteiger partial charge in [0.15, 0.2) is 0 Å². The summed E-state index contributed by atoms with van der Waals surface area (Å²) in [5, 5.41) is 11.3. The molecule has 0 spiro atoms. The van der Waals surface area contributed by atoms with Crippen LogP contribution in [0.4, 0.5) is 5.69 Å². The number of benzene rings is 1. The van der Waals surface area contributed by atoms with Crippen molar-refractivity contribution in [1.82, 2.24) is 9.97 Å². The summed E-state index contributed by atoms with van der Waals surface area (Å²) in [6.07, 6.45) is 0. The Morgan fingerprint density at radius 1 is 1.25 bits per heavy atom. The molecule has 2 rings (SSSR count). The predicted octanol–water partition coefficient (Wildman–Crippen LogP) is 3.76. The first kappa shape index (κ1) is 14.2. The van der Waals surface area contributed by atoms with E-state index in [4.69, 9.17) is 16.3 Å². The van der Waals surface area contributed by atoms with Crippen LogP contribution in [0.15, 0.2) is 18.2 Å². The summed E-state index contributed by atoms with van der Waals surface area (Å²) in [7, 11) is 0. The summed E-state index contributed by atoms with van der Waals surface area (Å²) in [5.41, 5.74) is 1.20. The van der Waals surface area contributed by atoms with Crippen molar-refractivity contribution in [3.05, 3.63) is 50.4 Å². The Morgan fingerprint density at radius 2 is 1.95 bits per heavy atom. The van der Waals surface area contributed by atoms with Crippen LogP contribution >= 0.6 is 11.6 Å². The van der Waals surface area contributed by atoms with E-state index in [1.54, 1.807) is 26.8 Å². The highest BCUT2D eigenvalue weighted by molar-refractivity contribution is 6.30. The lowest BCUT2D eigenvalue weighted by Crippen LogP contribution is -2.00. The first-order valence-electron chi connectivity index (χ1n) is 5.82. The van der Waals surface area contributed by atoms with Crippen molar-refractivity contribution in [2.45, 2.75) is 20.8 Å². The van der Waals surface area contributed by atoms with E-state index in [0.717, 1.165) is 5.56 Å². The van der Waals surface area contributed by atoms with Crippen LogP contribution in [0.25, 0.3) is 0 Å². The van der Waals surface area contributed by atoms with Crippen molar-refractivity contribution in [2.24, 2.45) is 0 Å². The number of hydrogen-bond donors (Lipinski definition) is 0. The fourth-order valence-electron chi connectivity index (χ4n) is 1.63. The van der Waals surface area contributed by atoms with Gasteiger partial charge in [-0.3, -0.25) is 10.1 Å². The molecule has 1 aromatic heterocycles. The van der Waals surface area contributed by atoms with Gasteiger partial charge in [-0.15, -0.1) is 0 Å². The summed E-state index contributed by atoms with van der Waals surface area (Å²) in [6, 6.07) is 4.71. The molecular formula is C13H12ClN3O3. The molecule has 6 nitrogen and oxygen atoms in total. The minimum atomic E-state index is -0.493. The Hall–Kier alpha value is -2.21. The SMILES string of the molecule is Cc1ccc(Oc2nc(C)nc(Cl)c2C)c([N+](=O)[O-])c1. The summed E-state index contributed by atoms with van der Waals surface area (Å²) in [4.78, 5) is 18.7. The van der Waals surface area contributed by atoms with Gasteiger partial charge in [0.25, 0.3) is 0 Å². The van der Waals surface area contributed by atoms with E-state index < -0.39 is 4.92 Å². The lowest BCUT2D eigenvalue weighted by atomic mass is 10.2. The molecule has 0 unspecified atom stereocenters. The summed E-state index contributed by atoms with van der Waals surface area (Å²) in [6.45, 7) is 5.13. The zero-order valence-electron chi connectivity index (χ0n) is 11.2. The third-order valence-corrected chi connectivity index (χ3v) is 3.04. The van der Waals surface area contributed by atoms with E-state index in [0.29, 0.717) is 11.4 Å². The van der Waals surface area contributed by atoms with Crippen molar-refractivity contribution < 1.29 is 9.66 Å². The zero-order chi connectivity index (χ0) is 14.9. The molecule has 20 heavy (non-hydrogen) atoms. The third-order valence-electron chi connectivity index (χ3n) is 2.67. The number of ether oxygens (including phenoxy) is 1. The lowest BCUT2D eigenvalue weighted by Gasteiger charge is -2.09. The second kappa shape index (κ2) is 5.42. The number of nitro benzene ring substituents is 1. The Labute approximate surface area is 120 Å². The van der Waals surface area contributed by atoms with Crippen molar-refractivity contribution in [2.75, 3.05) is 0 Å². The van der Waals surface area contributed by atoms with Gasteiger partial charge in [0, 0.05) is 11.6 Å². The van der Waals surface area contributed by atoms with E-state index in [1.165, 1.54) is 12.1 Å². The highest BCUT2D eigenvalue weighted by atomic mass is 35.5. The van der Waals surface area contributed by atoms with Gasteiger partial charge in [0.05, 0.1) is 4.92 Å². The molecule has 0 aliphatic carbocycles. The molecule has 1 aromatic carbocycles. The Morgan fingerprint density at radius 3 is 2.60 bits per heavy atom. The smallest absolute Gasteiger partial charge is 0.311 e.